The molecule has 5 nitrogen and oxygen atoms in total. The van der Waals surface area contributed by atoms with E-state index in [9.17, 15) is 4.79 Å². The van der Waals surface area contributed by atoms with Crippen LogP contribution in [0.3, 0.4) is 0 Å². The van der Waals surface area contributed by atoms with Gasteiger partial charge in [-0.2, -0.15) is 0 Å². The summed E-state index contributed by atoms with van der Waals surface area (Å²) >= 11 is 7.19. The van der Waals surface area contributed by atoms with Crippen molar-refractivity contribution in [2.75, 3.05) is 18.2 Å². The fourth-order valence-corrected chi connectivity index (χ4v) is 2.44. The molecule has 0 bridgehead atoms. The Hall–Kier alpha value is -1.79. The maximum atomic E-state index is 12.0. The Balaban J connectivity index is 1.97. The monoisotopic (exact) mass is 323 g/mol. The molecule has 0 aliphatic carbocycles. The molecule has 0 spiro atoms. The lowest BCUT2D eigenvalue weighted by molar-refractivity contribution is -0.113. The van der Waals surface area contributed by atoms with E-state index >= 15 is 0 Å². The normalized spacial score (nSPS) is 10.2. The fraction of sp³-hybridized carbons (Fsp3) is 0.214. The first-order valence-electron chi connectivity index (χ1n) is 6.14. The fourth-order valence-electron chi connectivity index (χ4n) is 1.59. The molecule has 1 heterocycles. The van der Waals surface area contributed by atoms with Gasteiger partial charge < -0.3 is 10.1 Å². The lowest BCUT2D eigenvalue weighted by atomic mass is 10.3. The maximum absolute atomic E-state index is 12.0. The minimum atomic E-state index is -0.175. The second-order valence-corrected chi connectivity index (χ2v) is 5.54. The number of rotatable bonds is 5. The number of methoxy groups -OCH3 is 1. The van der Waals surface area contributed by atoms with Crippen molar-refractivity contribution in [3.05, 3.63) is 41.2 Å². The quantitative estimate of drug-likeness (QED) is 0.676. The number of nitrogens with one attached hydrogen (secondary N) is 1. The van der Waals surface area contributed by atoms with Gasteiger partial charge in [0.15, 0.2) is 5.16 Å². The van der Waals surface area contributed by atoms with Crippen molar-refractivity contribution in [1.82, 2.24) is 9.97 Å². The zero-order valence-electron chi connectivity index (χ0n) is 11.6. The first kappa shape index (κ1) is 15.6. The summed E-state index contributed by atoms with van der Waals surface area (Å²) in [5.41, 5.74) is 1.41. The van der Waals surface area contributed by atoms with Crippen LogP contribution in [0.15, 0.2) is 35.6 Å². The molecule has 1 amide bonds. The minimum Gasteiger partial charge on any atom is -0.495 e. The van der Waals surface area contributed by atoms with Gasteiger partial charge in [0.05, 0.1) is 18.6 Å². The van der Waals surface area contributed by atoms with Crippen molar-refractivity contribution < 1.29 is 9.53 Å². The maximum Gasteiger partial charge on any atom is 0.234 e. The Labute approximate surface area is 132 Å². The van der Waals surface area contributed by atoms with Crippen LogP contribution in [0.2, 0.25) is 5.02 Å². The number of hydrogen-bond acceptors (Lipinski definition) is 5. The van der Waals surface area contributed by atoms with Crippen LogP contribution in [-0.4, -0.2) is 28.7 Å². The van der Waals surface area contributed by atoms with Gasteiger partial charge in [-0.15, -0.1) is 0 Å². The molecule has 0 saturated carbocycles. The lowest BCUT2D eigenvalue weighted by Crippen LogP contribution is -2.15. The van der Waals surface area contributed by atoms with Gasteiger partial charge in [-0.05, 0) is 31.2 Å². The number of anilines is 1. The highest BCUT2D eigenvalue weighted by Gasteiger charge is 2.09. The highest BCUT2D eigenvalue weighted by Crippen LogP contribution is 2.27. The van der Waals surface area contributed by atoms with Crippen molar-refractivity contribution in [3.8, 4) is 5.75 Å². The zero-order chi connectivity index (χ0) is 15.2. The average molecular weight is 324 g/mol. The molecule has 2 rings (SSSR count). The molecule has 2 aromatic rings. The molecule has 0 radical (unpaired) electrons. The van der Waals surface area contributed by atoms with E-state index in [-0.39, 0.29) is 11.7 Å². The zero-order valence-corrected chi connectivity index (χ0v) is 13.2. The summed E-state index contributed by atoms with van der Waals surface area (Å²) in [4.78, 5) is 20.3. The number of hydrogen-bond donors (Lipinski definition) is 1. The Morgan fingerprint density at radius 2 is 2.24 bits per heavy atom. The highest BCUT2D eigenvalue weighted by atomic mass is 35.5. The summed E-state index contributed by atoms with van der Waals surface area (Å²) in [6, 6.07) is 6.85. The Bertz CT molecular complexity index is 652. The van der Waals surface area contributed by atoms with Crippen LogP contribution in [0.1, 0.15) is 5.69 Å². The van der Waals surface area contributed by atoms with E-state index in [0.29, 0.717) is 21.6 Å². The highest BCUT2D eigenvalue weighted by molar-refractivity contribution is 7.99. The molecule has 1 N–H and O–H groups in total. The number of carbonyl (C=O) groups excluding carboxylic acids is 1. The van der Waals surface area contributed by atoms with Crippen LogP contribution in [0, 0.1) is 6.92 Å². The molecule has 1 aromatic carbocycles. The lowest BCUT2D eigenvalue weighted by Gasteiger charge is -2.10. The number of carbonyl (C=O) groups is 1. The number of aryl methyl sites for hydroxylation is 1. The molecule has 110 valence electrons. The summed E-state index contributed by atoms with van der Waals surface area (Å²) in [6.07, 6.45) is 1.67. The second-order valence-electron chi connectivity index (χ2n) is 4.16. The molecule has 0 aliphatic rings. The van der Waals surface area contributed by atoms with Gasteiger partial charge in [0.25, 0.3) is 0 Å². The molecule has 7 heteroatoms. The van der Waals surface area contributed by atoms with Gasteiger partial charge in [-0.1, -0.05) is 23.4 Å². The van der Waals surface area contributed by atoms with E-state index in [1.807, 2.05) is 6.92 Å². The Kier molecular flexibility index (Phi) is 5.41. The van der Waals surface area contributed by atoms with E-state index in [2.05, 4.69) is 15.3 Å². The number of nitrogens with zero attached hydrogens (tertiary/aromatic N) is 2. The number of benzene rings is 1. The summed E-state index contributed by atoms with van der Waals surface area (Å²) in [6.45, 7) is 1.88. The number of ether oxygens (including phenoxy) is 1. The van der Waals surface area contributed by atoms with Crippen LogP contribution in [0.4, 0.5) is 5.69 Å². The minimum absolute atomic E-state index is 0.175. The molecule has 0 unspecified atom stereocenters. The van der Waals surface area contributed by atoms with Crippen molar-refractivity contribution in [1.29, 1.82) is 0 Å². The van der Waals surface area contributed by atoms with Gasteiger partial charge in [-0.25, -0.2) is 9.97 Å². The van der Waals surface area contributed by atoms with Crippen molar-refractivity contribution >= 4 is 35.0 Å². The second kappa shape index (κ2) is 7.28. The van der Waals surface area contributed by atoms with E-state index in [1.54, 1.807) is 30.5 Å². The van der Waals surface area contributed by atoms with Crippen LogP contribution in [0.5, 0.6) is 5.75 Å². The third-order valence-corrected chi connectivity index (χ3v) is 3.64. The molecule has 0 fully saturated rings. The number of thioether (sulfide) groups is 1. The molecular formula is C14H14ClN3O2S. The van der Waals surface area contributed by atoms with Crippen molar-refractivity contribution in [2.24, 2.45) is 0 Å². The first-order valence-corrected chi connectivity index (χ1v) is 7.50. The van der Waals surface area contributed by atoms with E-state index in [1.165, 1.54) is 18.9 Å². The smallest absolute Gasteiger partial charge is 0.234 e. The van der Waals surface area contributed by atoms with Crippen molar-refractivity contribution in [2.45, 2.75) is 12.1 Å². The van der Waals surface area contributed by atoms with E-state index < -0.39 is 0 Å². The van der Waals surface area contributed by atoms with Crippen LogP contribution in [0.25, 0.3) is 0 Å². The van der Waals surface area contributed by atoms with Crippen LogP contribution >= 0.6 is 23.4 Å². The van der Waals surface area contributed by atoms with E-state index in [4.69, 9.17) is 16.3 Å². The number of aromatic nitrogens is 2. The summed E-state index contributed by atoms with van der Waals surface area (Å²) in [7, 11) is 1.54. The third kappa shape index (κ3) is 4.61. The van der Waals surface area contributed by atoms with E-state index in [0.717, 1.165) is 5.69 Å². The third-order valence-electron chi connectivity index (χ3n) is 2.54. The number of halogens is 1. The molecule has 0 aliphatic heterocycles. The average Bonchev–Trinajstić information content (AvgIpc) is 2.45. The summed E-state index contributed by atoms with van der Waals surface area (Å²) < 4.78 is 5.17. The SMILES string of the molecule is COc1ccc(Cl)cc1NC(=O)CSc1nccc(C)n1. The molecule has 0 atom stereocenters. The summed E-state index contributed by atoms with van der Waals surface area (Å²) in [5.74, 6) is 0.592. The molecule has 0 saturated heterocycles. The van der Waals surface area contributed by atoms with Gasteiger partial charge in [0, 0.05) is 16.9 Å². The van der Waals surface area contributed by atoms with Gasteiger partial charge in [0.2, 0.25) is 5.91 Å². The standard InChI is InChI=1S/C14H14ClN3O2S/c1-9-5-6-16-14(17-9)21-8-13(19)18-11-7-10(15)3-4-12(11)20-2/h3-7H,8H2,1-2H3,(H,18,19). The molecule has 21 heavy (non-hydrogen) atoms. The van der Waals surface area contributed by atoms with Gasteiger partial charge in [0.1, 0.15) is 5.75 Å². The largest absolute Gasteiger partial charge is 0.495 e. The topological polar surface area (TPSA) is 64.1 Å². The van der Waals surface area contributed by atoms with Crippen LogP contribution < -0.4 is 10.1 Å². The predicted molar refractivity (Wildman–Crippen MR) is 84.1 cm³/mol. The van der Waals surface area contributed by atoms with Gasteiger partial charge >= 0.3 is 0 Å². The molecule has 1 aromatic heterocycles. The van der Waals surface area contributed by atoms with Crippen molar-refractivity contribution in [3.63, 3.8) is 0 Å². The molecular weight excluding hydrogens is 310 g/mol. The Morgan fingerprint density at radius 1 is 1.43 bits per heavy atom. The predicted octanol–water partition coefficient (Wildman–Crippen LogP) is 3.18. The summed E-state index contributed by atoms with van der Waals surface area (Å²) in [5, 5.41) is 3.86. The van der Waals surface area contributed by atoms with Crippen LogP contribution in [-0.2, 0) is 4.79 Å². The van der Waals surface area contributed by atoms with Gasteiger partial charge in [-0.3, -0.25) is 4.79 Å². The first-order chi connectivity index (χ1) is 10.1. The Morgan fingerprint density at radius 3 is 2.95 bits per heavy atom. The number of amides is 1.